The highest BCUT2D eigenvalue weighted by molar-refractivity contribution is 5.76. The topological polar surface area (TPSA) is 82.9 Å². The number of halogens is 1. The average Bonchev–Trinajstić information content (AvgIpc) is 3.34. The van der Waals surface area contributed by atoms with Gasteiger partial charge in [-0.3, -0.25) is 14.2 Å². The summed E-state index contributed by atoms with van der Waals surface area (Å²) in [5.74, 6) is -0.0591. The number of hydrogen-bond acceptors (Lipinski definition) is 5. The minimum absolute atomic E-state index is 0.0991. The Balaban J connectivity index is 1.68. The lowest BCUT2D eigenvalue weighted by molar-refractivity contribution is 0.575. The molecule has 8 nitrogen and oxygen atoms in total. The third-order valence-corrected chi connectivity index (χ3v) is 4.97. The van der Waals surface area contributed by atoms with Crippen molar-refractivity contribution in [2.75, 3.05) is 0 Å². The zero-order valence-electron chi connectivity index (χ0n) is 15.7. The van der Waals surface area contributed by atoms with Gasteiger partial charge in [-0.05, 0) is 31.2 Å². The molecule has 1 unspecified atom stereocenters. The number of rotatable bonds is 3. The van der Waals surface area contributed by atoms with Gasteiger partial charge in [-0.25, -0.2) is 9.37 Å². The molecule has 0 aliphatic carbocycles. The van der Waals surface area contributed by atoms with Crippen molar-refractivity contribution < 1.29 is 4.39 Å². The minimum atomic E-state index is -0.505. The molecule has 0 saturated heterocycles. The zero-order valence-corrected chi connectivity index (χ0v) is 15.7. The van der Waals surface area contributed by atoms with Gasteiger partial charge in [0, 0.05) is 37.4 Å². The molecular formula is C20H16FN7O. The van der Waals surface area contributed by atoms with E-state index in [1.807, 2.05) is 14.0 Å². The maximum atomic E-state index is 14.7. The number of aryl methyl sites for hydroxylation is 1. The highest BCUT2D eigenvalue weighted by atomic mass is 19.1. The van der Waals surface area contributed by atoms with E-state index in [1.54, 1.807) is 62.8 Å². The van der Waals surface area contributed by atoms with Crippen molar-refractivity contribution in [3.8, 4) is 11.3 Å². The summed E-state index contributed by atoms with van der Waals surface area (Å²) in [7, 11) is 1.85. The molecule has 0 spiro atoms. The summed E-state index contributed by atoms with van der Waals surface area (Å²) >= 11 is 0. The third kappa shape index (κ3) is 2.70. The Bertz CT molecular complexity index is 1430. The van der Waals surface area contributed by atoms with Crippen molar-refractivity contribution in [2.45, 2.75) is 13.0 Å². The van der Waals surface area contributed by atoms with E-state index in [0.717, 1.165) is 0 Å². The van der Waals surface area contributed by atoms with Gasteiger partial charge >= 0.3 is 0 Å². The fraction of sp³-hybridized carbons (Fsp3) is 0.150. The SMILES string of the molecule is CC(c1nnc2c(F)cc(-c3cn(C)cn3)cn12)n1ccc2ncccc2c1=O. The molecule has 0 bridgehead atoms. The molecule has 29 heavy (non-hydrogen) atoms. The summed E-state index contributed by atoms with van der Waals surface area (Å²) < 4.78 is 19.6. The van der Waals surface area contributed by atoms with Gasteiger partial charge in [-0.15, -0.1) is 10.2 Å². The summed E-state index contributed by atoms with van der Waals surface area (Å²) in [4.78, 5) is 21.4. The Morgan fingerprint density at radius 1 is 1.14 bits per heavy atom. The fourth-order valence-corrected chi connectivity index (χ4v) is 3.48. The normalized spacial score (nSPS) is 12.7. The van der Waals surface area contributed by atoms with Crippen LogP contribution in [0.1, 0.15) is 18.8 Å². The molecule has 5 rings (SSSR count). The van der Waals surface area contributed by atoms with Gasteiger partial charge in [-0.1, -0.05) is 0 Å². The summed E-state index contributed by atoms with van der Waals surface area (Å²) in [6, 6.07) is 6.14. The summed E-state index contributed by atoms with van der Waals surface area (Å²) in [5.41, 5.74) is 1.76. The van der Waals surface area contributed by atoms with Crippen LogP contribution in [0, 0.1) is 5.82 Å². The van der Waals surface area contributed by atoms with Crippen molar-refractivity contribution in [3.63, 3.8) is 0 Å². The van der Waals surface area contributed by atoms with Gasteiger partial charge in [0.15, 0.2) is 17.3 Å². The van der Waals surface area contributed by atoms with Crippen molar-refractivity contribution >= 4 is 16.6 Å². The molecular weight excluding hydrogens is 373 g/mol. The maximum Gasteiger partial charge on any atom is 0.260 e. The van der Waals surface area contributed by atoms with E-state index in [2.05, 4.69) is 20.2 Å². The van der Waals surface area contributed by atoms with E-state index in [-0.39, 0.29) is 11.2 Å². The highest BCUT2D eigenvalue weighted by Crippen LogP contribution is 2.24. The van der Waals surface area contributed by atoms with Crippen LogP contribution in [0.5, 0.6) is 0 Å². The lowest BCUT2D eigenvalue weighted by atomic mass is 10.2. The van der Waals surface area contributed by atoms with Crippen LogP contribution in [0.25, 0.3) is 27.8 Å². The van der Waals surface area contributed by atoms with Crippen molar-refractivity contribution in [1.29, 1.82) is 0 Å². The van der Waals surface area contributed by atoms with Gasteiger partial charge in [0.25, 0.3) is 5.56 Å². The highest BCUT2D eigenvalue weighted by Gasteiger charge is 2.20. The van der Waals surface area contributed by atoms with Crippen LogP contribution >= 0.6 is 0 Å². The maximum absolute atomic E-state index is 14.7. The second-order valence-corrected chi connectivity index (χ2v) is 6.89. The molecule has 5 heterocycles. The number of pyridine rings is 3. The number of imidazole rings is 1. The van der Waals surface area contributed by atoms with E-state index < -0.39 is 11.9 Å². The number of fused-ring (bicyclic) bond motifs is 2. The Labute approximate surface area is 163 Å². The molecule has 144 valence electrons. The second kappa shape index (κ2) is 6.33. The molecule has 9 heteroatoms. The van der Waals surface area contributed by atoms with E-state index in [4.69, 9.17) is 0 Å². The first-order chi connectivity index (χ1) is 14.0. The van der Waals surface area contributed by atoms with Gasteiger partial charge in [0.1, 0.15) is 0 Å². The van der Waals surface area contributed by atoms with Crippen LogP contribution in [0.3, 0.4) is 0 Å². The number of aromatic nitrogens is 7. The van der Waals surface area contributed by atoms with E-state index in [0.29, 0.717) is 28.0 Å². The van der Waals surface area contributed by atoms with Crippen molar-refractivity contribution in [2.24, 2.45) is 7.05 Å². The molecule has 0 fully saturated rings. The first-order valence-electron chi connectivity index (χ1n) is 9.01. The lowest BCUT2D eigenvalue weighted by Crippen LogP contribution is -2.25. The van der Waals surface area contributed by atoms with Crippen LogP contribution in [-0.4, -0.2) is 33.7 Å². The van der Waals surface area contributed by atoms with Crippen molar-refractivity contribution in [1.82, 2.24) is 33.7 Å². The third-order valence-electron chi connectivity index (χ3n) is 4.97. The molecule has 0 aliphatic heterocycles. The molecule has 0 amide bonds. The molecule has 0 aliphatic rings. The van der Waals surface area contributed by atoms with Crippen LogP contribution < -0.4 is 5.56 Å². The first kappa shape index (κ1) is 17.2. The first-order valence-corrected chi connectivity index (χ1v) is 9.01. The summed E-state index contributed by atoms with van der Waals surface area (Å²) in [5, 5.41) is 8.66. The van der Waals surface area contributed by atoms with Gasteiger partial charge in [0.05, 0.1) is 29.0 Å². The lowest BCUT2D eigenvalue weighted by Gasteiger charge is -2.14. The Hall–Kier alpha value is -3.88. The van der Waals surface area contributed by atoms with Crippen LogP contribution in [-0.2, 0) is 7.05 Å². The van der Waals surface area contributed by atoms with Gasteiger partial charge in [-0.2, -0.15) is 0 Å². The van der Waals surface area contributed by atoms with Crippen LogP contribution in [0.15, 0.2) is 60.2 Å². The summed E-state index contributed by atoms with van der Waals surface area (Å²) in [6.45, 7) is 1.82. The number of hydrogen-bond donors (Lipinski definition) is 0. The molecule has 0 N–H and O–H groups in total. The predicted octanol–water partition coefficient (Wildman–Crippen LogP) is 2.59. The van der Waals surface area contributed by atoms with Crippen molar-refractivity contribution in [3.05, 3.63) is 77.4 Å². The number of nitrogens with zero attached hydrogens (tertiary/aromatic N) is 7. The largest absolute Gasteiger partial charge is 0.340 e. The zero-order chi connectivity index (χ0) is 20.1. The van der Waals surface area contributed by atoms with E-state index in [1.165, 1.54) is 6.07 Å². The smallest absolute Gasteiger partial charge is 0.260 e. The second-order valence-electron chi connectivity index (χ2n) is 6.89. The Kier molecular flexibility index (Phi) is 3.76. The van der Waals surface area contributed by atoms with Gasteiger partial charge < -0.3 is 9.13 Å². The fourth-order valence-electron chi connectivity index (χ4n) is 3.48. The molecule has 5 aromatic rings. The molecule has 0 saturated carbocycles. The molecule has 0 aromatic carbocycles. The summed E-state index contributed by atoms with van der Waals surface area (Å²) in [6.07, 6.45) is 8.50. The van der Waals surface area contributed by atoms with Crippen LogP contribution in [0.2, 0.25) is 0 Å². The van der Waals surface area contributed by atoms with E-state index in [9.17, 15) is 9.18 Å². The molecule has 0 radical (unpaired) electrons. The van der Waals surface area contributed by atoms with E-state index >= 15 is 0 Å². The average molecular weight is 389 g/mol. The van der Waals surface area contributed by atoms with Gasteiger partial charge in [0.2, 0.25) is 0 Å². The Morgan fingerprint density at radius 2 is 2.00 bits per heavy atom. The Morgan fingerprint density at radius 3 is 2.79 bits per heavy atom. The predicted molar refractivity (Wildman–Crippen MR) is 105 cm³/mol. The molecule has 1 atom stereocenters. The molecule has 5 aromatic heterocycles. The standard InChI is InChI=1S/C20H16FN7O/c1-12(27-7-5-16-14(20(27)29)4-3-6-22-16)18-24-25-19-15(21)8-13(9-28(18)19)17-10-26(2)11-23-17/h3-12H,1-2H3. The minimum Gasteiger partial charge on any atom is -0.340 e. The monoisotopic (exact) mass is 389 g/mol. The van der Waals surface area contributed by atoms with Crippen LogP contribution in [0.4, 0.5) is 4.39 Å². The quantitative estimate of drug-likeness (QED) is 0.474.